The van der Waals surface area contributed by atoms with E-state index in [9.17, 15) is 4.79 Å². The van der Waals surface area contributed by atoms with Crippen LogP contribution in [0.25, 0.3) is 0 Å². The minimum atomic E-state index is -0.332. The van der Waals surface area contributed by atoms with Crippen LogP contribution in [0.5, 0.6) is 0 Å². The van der Waals surface area contributed by atoms with E-state index in [1.54, 1.807) is 18.2 Å². The van der Waals surface area contributed by atoms with Gasteiger partial charge in [0, 0.05) is 10.7 Å². The number of carbonyl (C=O) groups is 1. The molecule has 1 aromatic rings. The van der Waals surface area contributed by atoms with Crippen LogP contribution in [-0.2, 0) is 0 Å². The molecule has 0 radical (unpaired) electrons. The summed E-state index contributed by atoms with van der Waals surface area (Å²) in [6.45, 7) is 0. The van der Waals surface area contributed by atoms with E-state index in [1.165, 1.54) is 0 Å². The summed E-state index contributed by atoms with van der Waals surface area (Å²) in [5.74, 6) is -0.156. The average Bonchev–Trinajstić information content (AvgIpc) is 2.06. The van der Waals surface area contributed by atoms with Crippen molar-refractivity contribution in [2.45, 2.75) is 5.50 Å². The van der Waals surface area contributed by atoms with Crippen molar-refractivity contribution in [2.75, 3.05) is 5.32 Å². The maximum atomic E-state index is 11.4. The van der Waals surface area contributed by atoms with E-state index >= 15 is 0 Å². The first-order valence-electron chi connectivity index (χ1n) is 3.72. The molecule has 1 aromatic carbocycles. The standard InChI is InChI=1S/C8H7ClN2OS/c9-4-1-2-6-5(3-4)7(12)11-8(13)10-6/h1-3,8,10,13H,(H,11,12). The second-order valence-electron chi connectivity index (χ2n) is 2.71. The van der Waals surface area contributed by atoms with Gasteiger partial charge in [-0.2, -0.15) is 0 Å². The zero-order valence-corrected chi connectivity index (χ0v) is 8.19. The van der Waals surface area contributed by atoms with E-state index in [4.69, 9.17) is 11.6 Å². The third-order valence-corrected chi connectivity index (χ3v) is 2.28. The molecule has 1 atom stereocenters. The fraction of sp³-hybridized carbons (Fsp3) is 0.125. The number of hydrogen-bond acceptors (Lipinski definition) is 3. The first kappa shape index (κ1) is 8.72. The van der Waals surface area contributed by atoms with Crippen LogP contribution in [0.3, 0.4) is 0 Å². The summed E-state index contributed by atoms with van der Waals surface area (Å²) in [5.41, 5.74) is 0.979. The molecule has 1 amide bonds. The van der Waals surface area contributed by atoms with Crippen molar-refractivity contribution in [1.82, 2.24) is 5.32 Å². The minimum absolute atomic E-state index is 0.156. The summed E-state index contributed by atoms with van der Waals surface area (Å²) in [5, 5.41) is 6.16. The maximum Gasteiger partial charge on any atom is 0.255 e. The van der Waals surface area contributed by atoms with Gasteiger partial charge in [0.15, 0.2) is 0 Å². The number of rotatable bonds is 0. The van der Waals surface area contributed by atoms with Gasteiger partial charge in [0.1, 0.15) is 5.50 Å². The molecule has 13 heavy (non-hydrogen) atoms. The third kappa shape index (κ3) is 1.59. The van der Waals surface area contributed by atoms with Crippen molar-refractivity contribution in [1.29, 1.82) is 0 Å². The number of anilines is 1. The molecule has 3 nitrogen and oxygen atoms in total. The second-order valence-corrected chi connectivity index (χ2v) is 3.66. The Kier molecular flexibility index (Phi) is 2.09. The van der Waals surface area contributed by atoms with Gasteiger partial charge in [0.25, 0.3) is 5.91 Å². The Labute approximate surface area is 85.9 Å². The number of thiol groups is 1. The molecule has 0 aliphatic carbocycles. The van der Waals surface area contributed by atoms with Crippen LogP contribution in [0, 0.1) is 0 Å². The number of amides is 1. The number of carbonyl (C=O) groups excluding carboxylic acids is 1. The Morgan fingerprint density at radius 3 is 2.92 bits per heavy atom. The number of halogens is 1. The second kappa shape index (κ2) is 3.12. The fourth-order valence-electron chi connectivity index (χ4n) is 1.22. The van der Waals surface area contributed by atoms with Crippen LogP contribution in [0.15, 0.2) is 18.2 Å². The van der Waals surface area contributed by atoms with Crippen molar-refractivity contribution in [3.8, 4) is 0 Å². The van der Waals surface area contributed by atoms with Crippen LogP contribution in [0.2, 0.25) is 5.02 Å². The third-order valence-electron chi connectivity index (χ3n) is 1.79. The maximum absolute atomic E-state index is 11.4. The predicted molar refractivity (Wildman–Crippen MR) is 55.3 cm³/mol. The van der Waals surface area contributed by atoms with Gasteiger partial charge < -0.3 is 10.6 Å². The van der Waals surface area contributed by atoms with Gasteiger partial charge in [-0.3, -0.25) is 4.79 Å². The molecule has 0 saturated carbocycles. The summed E-state index contributed by atoms with van der Waals surface area (Å²) in [4.78, 5) is 11.4. The topological polar surface area (TPSA) is 41.1 Å². The van der Waals surface area contributed by atoms with Gasteiger partial charge in [0.2, 0.25) is 0 Å². The molecule has 68 valence electrons. The lowest BCUT2D eigenvalue weighted by molar-refractivity contribution is 0.0949. The van der Waals surface area contributed by atoms with Crippen LogP contribution >= 0.6 is 24.2 Å². The van der Waals surface area contributed by atoms with E-state index in [1.807, 2.05) is 0 Å². The normalized spacial score (nSPS) is 20.2. The largest absolute Gasteiger partial charge is 0.356 e. The Balaban J connectivity index is 2.49. The Bertz CT molecular complexity index is 369. The van der Waals surface area contributed by atoms with Crippen molar-refractivity contribution in [2.24, 2.45) is 0 Å². The molecule has 5 heteroatoms. The summed E-state index contributed by atoms with van der Waals surface area (Å²) >= 11 is 9.85. The highest BCUT2D eigenvalue weighted by molar-refractivity contribution is 7.81. The molecular formula is C8H7ClN2OS. The molecule has 1 aliphatic heterocycles. The van der Waals surface area contributed by atoms with E-state index in [0.717, 1.165) is 5.69 Å². The Hall–Kier alpha value is -0.870. The number of nitrogens with one attached hydrogen (secondary N) is 2. The van der Waals surface area contributed by atoms with Crippen molar-refractivity contribution in [3.05, 3.63) is 28.8 Å². The molecular weight excluding hydrogens is 208 g/mol. The van der Waals surface area contributed by atoms with E-state index in [-0.39, 0.29) is 11.4 Å². The van der Waals surface area contributed by atoms with Crippen LogP contribution < -0.4 is 10.6 Å². The Morgan fingerprint density at radius 1 is 1.38 bits per heavy atom. The highest BCUT2D eigenvalue weighted by Gasteiger charge is 2.20. The SMILES string of the molecule is O=C1NC(S)Nc2ccc(Cl)cc21. The molecule has 0 bridgehead atoms. The van der Waals surface area contributed by atoms with E-state index in [2.05, 4.69) is 23.3 Å². The number of hydrogen-bond donors (Lipinski definition) is 3. The minimum Gasteiger partial charge on any atom is -0.356 e. The lowest BCUT2D eigenvalue weighted by Crippen LogP contribution is -2.41. The smallest absolute Gasteiger partial charge is 0.255 e. The first-order chi connectivity index (χ1) is 6.16. The van der Waals surface area contributed by atoms with Crippen molar-refractivity contribution in [3.63, 3.8) is 0 Å². The van der Waals surface area contributed by atoms with Crippen molar-refractivity contribution >= 4 is 35.8 Å². The van der Waals surface area contributed by atoms with E-state index < -0.39 is 0 Å². The quantitative estimate of drug-likeness (QED) is 0.576. The fourth-order valence-corrected chi connectivity index (χ4v) is 1.64. The summed E-state index contributed by atoms with van der Waals surface area (Å²) in [7, 11) is 0. The van der Waals surface area contributed by atoms with Gasteiger partial charge >= 0.3 is 0 Å². The lowest BCUT2D eigenvalue weighted by atomic mass is 10.1. The highest BCUT2D eigenvalue weighted by Crippen LogP contribution is 2.24. The van der Waals surface area contributed by atoms with Gasteiger partial charge in [0.05, 0.1) is 5.56 Å². The Morgan fingerprint density at radius 2 is 2.15 bits per heavy atom. The number of benzene rings is 1. The summed E-state index contributed by atoms with van der Waals surface area (Å²) < 4.78 is 0. The van der Waals surface area contributed by atoms with Gasteiger partial charge in [-0.05, 0) is 18.2 Å². The molecule has 1 unspecified atom stereocenters. The highest BCUT2D eigenvalue weighted by atomic mass is 35.5. The van der Waals surface area contributed by atoms with Crippen molar-refractivity contribution < 1.29 is 4.79 Å². The molecule has 1 heterocycles. The zero-order chi connectivity index (χ0) is 9.42. The molecule has 2 N–H and O–H groups in total. The van der Waals surface area contributed by atoms with Gasteiger partial charge in [-0.25, -0.2) is 0 Å². The molecule has 0 aromatic heterocycles. The molecule has 0 saturated heterocycles. The van der Waals surface area contributed by atoms with E-state index in [0.29, 0.717) is 10.6 Å². The molecule has 2 rings (SSSR count). The molecule has 0 fully saturated rings. The first-order valence-corrected chi connectivity index (χ1v) is 4.61. The van der Waals surface area contributed by atoms with Crippen LogP contribution in [0.4, 0.5) is 5.69 Å². The van der Waals surface area contributed by atoms with Crippen LogP contribution in [0.1, 0.15) is 10.4 Å². The lowest BCUT2D eigenvalue weighted by Gasteiger charge is -2.24. The van der Waals surface area contributed by atoms with Gasteiger partial charge in [-0.1, -0.05) is 11.6 Å². The average molecular weight is 215 g/mol. The monoisotopic (exact) mass is 214 g/mol. The molecule has 1 aliphatic rings. The summed E-state index contributed by atoms with van der Waals surface area (Å²) in [6.07, 6.45) is 0. The zero-order valence-electron chi connectivity index (χ0n) is 6.54. The predicted octanol–water partition coefficient (Wildman–Crippen LogP) is 1.71. The summed E-state index contributed by atoms with van der Waals surface area (Å²) in [6, 6.07) is 5.12. The van der Waals surface area contributed by atoms with Gasteiger partial charge in [-0.15, -0.1) is 12.6 Å². The number of fused-ring (bicyclic) bond motifs is 1. The molecule has 0 spiro atoms. The van der Waals surface area contributed by atoms with Crippen LogP contribution in [-0.4, -0.2) is 11.4 Å².